The summed E-state index contributed by atoms with van der Waals surface area (Å²) in [4.78, 5) is 8.36. The number of aryl methyl sites for hydroxylation is 1. The van der Waals surface area contributed by atoms with Crippen molar-refractivity contribution in [2.45, 2.75) is 33.1 Å². The summed E-state index contributed by atoms with van der Waals surface area (Å²) in [5.41, 5.74) is 2.40. The van der Waals surface area contributed by atoms with Gasteiger partial charge >= 0.3 is 6.01 Å². The molecule has 0 aliphatic carbocycles. The standard InChI is InChI=1S/C15H17IN2O/c1-10-5-6-13(12(7-10)15(2,3)4)19-14-17-8-11(16)9-18-14/h5-9H,1-4H3. The zero-order valence-electron chi connectivity index (χ0n) is 11.6. The van der Waals surface area contributed by atoms with Crippen molar-refractivity contribution in [3.63, 3.8) is 0 Å². The van der Waals surface area contributed by atoms with Gasteiger partial charge in [0.15, 0.2) is 0 Å². The Balaban J connectivity index is 2.37. The Kier molecular flexibility index (Phi) is 4.08. The molecular weight excluding hydrogens is 351 g/mol. The fraction of sp³-hybridized carbons (Fsp3) is 0.333. The summed E-state index contributed by atoms with van der Waals surface area (Å²) in [7, 11) is 0. The molecule has 0 atom stereocenters. The van der Waals surface area contributed by atoms with Gasteiger partial charge in [0, 0.05) is 21.5 Å². The third-order valence-corrected chi connectivity index (χ3v) is 3.30. The van der Waals surface area contributed by atoms with Gasteiger partial charge in [0.05, 0.1) is 0 Å². The van der Waals surface area contributed by atoms with Crippen molar-refractivity contribution in [2.75, 3.05) is 0 Å². The maximum Gasteiger partial charge on any atom is 0.321 e. The minimum Gasteiger partial charge on any atom is -0.424 e. The molecule has 100 valence electrons. The molecule has 2 aromatic rings. The highest BCUT2D eigenvalue weighted by molar-refractivity contribution is 14.1. The smallest absolute Gasteiger partial charge is 0.321 e. The first kappa shape index (κ1) is 14.2. The largest absolute Gasteiger partial charge is 0.424 e. The van der Waals surface area contributed by atoms with Crippen LogP contribution in [-0.4, -0.2) is 9.97 Å². The van der Waals surface area contributed by atoms with Crippen LogP contribution in [0.2, 0.25) is 0 Å². The van der Waals surface area contributed by atoms with Crippen LogP contribution in [0.3, 0.4) is 0 Å². The number of aromatic nitrogens is 2. The molecule has 0 spiro atoms. The fourth-order valence-electron chi connectivity index (χ4n) is 1.77. The molecule has 0 saturated heterocycles. The molecule has 0 aliphatic heterocycles. The lowest BCUT2D eigenvalue weighted by Crippen LogP contribution is -2.13. The molecule has 4 heteroatoms. The Labute approximate surface area is 127 Å². The van der Waals surface area contributed by atoms with Crippen molar-refractivity contribution in [2.24, 2.45) is 0 Å². The predicted molar refractivity (Wildman–Crippen MR) is 84.7 cm³/mol. The van der Waals surface area contributed by atoms with Gasteiger partial charge in [0.1, 0.15) is 5.75 Å². The van der Waals surface area contributed by atoms with Crippen LogP contribution in [0, 0.1) is 10.5 Å². The monoisotopic (exact) mass is 368 g/mol. The lowest BCUT2D eigenvalue weighted by molar-refractivity contribution is 0.422. The second-order valence-electron chi connectivity index (χ2n) is 5.54. The van der Waals surface area contributed by atoms with Gasteiger partial charge in [-0.15, -0.1) is 0 Å². The van der Waals surface area contributed by atoms with Crippen molar-refractivity contribution in [3.05, 3.63) is 45.3 Å². The van der Waals surface area contributed by atoms with Gasteiger partial charge in [0.2, 0.25) is 0 Å². The SMILES string of the molecule is Cc1ccc(Oc2ncc(I)cn2)c(C(C)(C)C)c1. The Hall–Kier alpha value is -1.17. The molecule has 0 N–H and O–H groups in total. The predicted octanol–water partition coefficient (Wildman–Crippen LogP) is 4.48. The second kappa shape index (κ2) is 5.45. The van der Waals surface area contributed by atoms with E-state index in [2.05, 4.69) is 66.3 Å². The Morgan fingerprint density at radius 2 is 1.74 bits per heavy atom. The number of hydrogen-bond acceptors (Lipinski definition) is 3. The first-order valence-electron chi connectivity index (χ1n) is 6.13. The number of benzene rings is 1. The summed E-state index contributed by atoms with van der Waals surface area (Å²) < 4.78 is 6.81. The van der Waals surface area contributed by atoms with Crippen molar-refractivity contribution in [3.8, 4) is 11.8 Å². The van der Waals surface area contributed by atoms with E-state index in [0.29, 0.717) is 6.01 Å². The number of hydrogen-bond donors (Lipinski definition) is 0. The molecule has 0 saturated carbocycles. The Bertz CT molecular complexity index is 574. The van der Waals surface area contributed by atoms with E-state index in [-0.39, 0.29) is 5.41 Å². The van der Waals surface area contributed by atoms with Crippen LogP contribution in [0.15, 0.2) is 30.6 Å². The third-order valence-electron chi connectivity index (χ3n) is 2.74. The average molecular weight is 368 g/mol. The minimum absolute atomic E-state index is 0.0184. The van der Waals surface area contributed by atoms with Gasteiger partial charge in [0.25, 0.3) is 0 Å². The van der Waals surface area contributed by atoms with Gasteiger partial charge in [-0.05, 0) is 41.0 Å². The Morgan fingerprint density at radius 3 is 2.32 bits per heavy atom. The number of rotatable bonds is 2. The van der Waals surface area contributed by atoms with Crippen LogP contribution in [-0.2, 0) is 5.41 Å². The average Bonchev–Trinajstić information content (AvgIpc) is 2.33. The Morgan fingerprint density at radius 1 is 1.11 bits per heavy atom. The molecule has 1 heterocycles. The van der Waals surface area contributed by atoms with Crippen LogP contribution < -0.4 is 4.74 Å². The topological polar surface area (TPSA) is 35.0 Å². The minimum atomic E-state index is 0.0184. The fourth-order valence-corrected chi connectivity index (χ4v) is 2.05. The molecule has 0 amide bonds. The lowest BCUT2D eigenvalue weighted by atomic mass is 9.85. The highest BCUT2D eigenvalue weighted by Crippen LogP contribution is 2.33. The van der Waals surface area contributed by atoms with Crippen molar-refractivity contribution >= 4 is 22.6 Å². The zero-order chi connectivity index (χ0) is 14.0. The molecule has 3 nitrogen and oxygen atoms in total. The summed E-state index contributed by atoms with van der Waals surface area (Å²) in [6, 6.07) is 6.56. The number of halogens is 1. The van der Waals surface area contributed by atoms with Gasteiger partial charge in [-0.1, -0.05) is 38.5 Å². The van der Waals surface area contributed by atoms with E-state index in [0.717, 1.165) is 14.9 Å². The maximum atomic E-state index is 5.82. The zero-order valence-corrected chi connectivity index (χ0v) is 13.7. The summed E-state index contributed by atoms with van der Waals surface area (Å²) in [5, 5.41) is 0. The molecule has 0 unspecified atom stereocenters. The summed E-state index contributed by atoms with van der Waals surface area (Å²) in [6.45, 7) is 8.59. The van der Waals surface area contributed by atoms with E-state index in [4.69, 9.17) is 4.74 Å². The van der Waals surface area contributed by atoms with Crippen LogP contribution in [0.1, 0.15) is 31.9 Å². The van der Waals surface area contributed by atoms with Gasteiger partial charge in [-0.25, -0.2) is 9.97 Å². The molecule has 2 rings (SSSR count). The van der Waals surface area contributed by atoms with E-state index in [1.807, 2.05) is 12.1 Å². The van der Waals surface area contributed by atoms with Gasteiger partial charge in [-0.2, -0.15) is 0 Å². The summed E-state index contributed by atoms with van der Waals surface area (Å²) in [5.74, 6) is 0.819. The molecule has 1 aromatic heterocycles. The highest BCUT2D eigenvalue weighted by Gasteiger charge is 2.20. The molecule has 1 aromatic carbocycles. The van der Waals surface area contributed by atoms with Crippen molar-refractivity contribution < 1.29 is 4.74 Å². The summed E-state index contributed by atoms with van der Waals surface area (Å²) in [6.07, 6.45) is 3.49. The first-order chi connectivity index (χ1) is 8.86. The molecule has 0 fully saturated rings. The third kappa shape index (κ3) is 3.65. The van der Waals surface area contributed by atoms with E-state index in [1.54, 1.807) is 12.4 Å². The van der Waals surface area contributed by atoms with E-state index in [1.165, 1.54) is 5.56 Å². The summed E-state index contributed by atoms with van der Waals surface area (Å²) >= 11 is 2.17. The van der Waals surface area contributed by atoms with Crippen molar-refractivity contribution in [1.82, 2.24) is 9.97 Å². The van der Waals surface area contributed by atoms with Crippen LogP contribution >= 0.6 is 22.6 Å². The van der Waals surface area contributed by atoms with Crippen molar-refractivity contribution in [1.29, 1.82) is 0 Å². The van der Waals surface area contributed by atoms with Crippen LogP contribution in [0.4, 0.5) is 0 Å². The van der Waals surface area contributed by atoms with E-state index >= 15 is 0 Å². The molecule has 0 aliphatic rings. The van der Waals surface area contributed by atoms with E-state index in [9.17, 15) is 0 Å². The van der Waals surface area contributed by atoms with Crippen LogP contribution in [0.5, 0.6) is 11.8 Å². The normalized spacial score (nSPS) is 11.4. The molecule has 0 radical (unpaired) electrons. The molecular formula is C15H17IN2O. The van der Waals surface area contributed by atoms with Gasteiger partial charge < -0.3 is 4.74 Å². The molecule has 0 bridgehead atoms. The highest BCUT2D eigenvalue weighted by atomic mass is 127. The second-order valence-corrected chi connectivity index (χ2v) is 6.78. The maximum absolute atomic E-state index is 5.82. The van der Waals surface area contributed by atoms with E-state index < -0.39 is 0 Å². The van der Waals surface area contributed by atoms with Gasteiger partial charge in [-0.3, -0.25) is 0 Å². The number of nitrogens with zero attached hydrogens (tertiary/aromatic N) is 2. The molecule has 19 heavy (non-hydrogen) atoms. The van der Waals surface area contributed by atoms with Crippen LogP contribution in [0.25, 0.3) is 0 Å². The quantitative estimate of drug-likeness (QED) is 0.734. The number of ether oxygens (including phenoxy) is 1. The first-order valence-corrected chi connectivity index (χ1v) is 7.20. The lowest BCUT2D eigenvalue weighted by Gasteiger charge is -2.22.